The molecule has 0 radical (unpaired) electrons. The number of nitro groups is 1. The highest BCUT2D eigenvalue weighted by atomic mass is 32.1. The van der Waals surface area contributed by atoms with Crippen molar-refractivity contribution in [2.75, 3.05) is 18.5 Å². The second kappa shape index (κ2) is 9.82. The molecule has 1 heterocycles. The van der Waals surface area contributed by atoms with Crippen LogP contribution in [0.3, 0.4) is 0 Å². The number of nitrogens with zero attached hydrogens (tertiary/aromatic N) is 1. The van der Waals surface area contributed by atoms with Crippen molar-refractivity contribution in [2.45, 2.75) is 12.6 Å². The van der Waals surface area contributed by atoms with E-state index >= 15 is 0 Å². The first kappa shape index (κ1) is 22.8. The Balaban J connectivity index is 1.83. The minimum absolute atomic E-state index is 0.0422. The third-order valence-electron chi connectivity index (χ3n) is 3.56. The van der Waals surface area contributed by atoms with E-state index in [1.165, 1.54) is 11.3 Å². The Kier molecular flexibility index (Phi) is 7.47. The quantitative estimate of drug-likeness (QED) is 0.365. The molecule has 0 aliphatic heterocycles. The summed E-state index contributed by atoms with van der Waals surface area (Å²) in [5, 5.41) is 18.8. The summed E-state index contributed by atoms with van der Waals surface area (Å²) in [4.78, 5) is 45.0. The first-order valence-corrected chi connectivity index (χ1v) is 9.13. The third-order valence-corrected chi connectivity index (χ3v) is 4.24. The SMILES string of the molecule is O=C(COC(=O)CCNC(=O)c1ccsc1)Nc1ccc(C(F)(F)F)cc1[N+](=O)[O-]. The second-order valence-electron chi connectivity index (χ2n) is 5.71. The molecule has 13 heteroatoms. The van der Waals surface area contributed by atoms with Crippen molar-refractivity contribution in [3.05, 3.63) is 56.3 Å². The first-order chi connectivity index (χ1) is 14.1. The van der Waals surface area contributed by atoms with Crippen molar-refractivity contribution in [2.24, 2.45) is 0 Å². The van der Waals surface area contributed by atoms with Crippen LogP contribution in [0.1, 0.15) is 22.3 Å². The van der Waals surface area contributed by atoms with E-state index in [-0.39, 0.29) is 24.9 Å². The van der Waals surface area contributed by atoms with E-state index in [9.17, 15) is 37.7 Å². The minimum Gasteiger partial charge on any atom is -0.456 e. The van der Waals surface area contributed by atoms with Crippen molar-refractivity contribution in [3.8, 4) is 0 Å². The smallest absolute Gasteiger partial charge is 0.416 e. The lowest BCUT2D eigenvalue weighted by molar-refractivity contribution is -0.384. The molecule has 160 valence electrons. The Morgan fingerprint density at radius 1 is 1.20 bits per heavy atom. The van der Waals surface area contributed by atoms with Crippen molar-refractivity contribution in [3.63, 3.8) is 0 Å². The van der Waals surface area contributed by atoms with Gasteiger partial charge in [-0.05, 0) is 23.6 Å². The van der Waals surface area contributed by atoms with Gasteiger partial charge in [0.15, 0.2) is 6.61 Å². The fraction of sp³-hybridized carbons (Fsp3) is 0.235. The normalized spacial score (nSPS) is 10.9. The van der Waals surface area contributed by atoms with Gasteiger partial charge in [0.2, 0.25) is 0 Å². The van der Waals surface area contributed by atoms with Gasteiger partial charge in [0, 0.05) is 23.6 Å². The molecule has 2 aromatic rings. The zero-order chi connectivity index (χ0) is 22.3. The summed E-state index contributed by atoms with van der Waals surface area (Å²) in [5.74, 6) is -2.18. The van der Waals surface area contributed by atoms with E-state index in [2.05, 4.69) is 10.1 Å². The molecule has 0 spiro atoms. The largest absolute Gasteiger partial charge is 0.456 e. The predicted molar refractivity (Wildman–Crippen MR) is 99.0 cm³/mol. The number of ether oxygens (including phenoxy) is 1. The Morgan fingerprint density at radius 3 is 2.53 bits per heavy atom. The predicted octanol–water partition coefficient (Wildman–Crippen LogP) is 2.98. The molecule has 0 bridgehead atoms. The summed E-state index contributed by atoms with van der Waals surface area (Å²) in [6, 6.07) is 3.20. The van der Waals surface area contributed by atoms with Gasteiger partial charge in [-0.2, -0.15) is 24.5 Å². The van der Waals surface area contributed by atoms with Crippen LogP contribution in [-0.4, -0.2) is 35.9 Å². The lowest BCUT2D eigenvalue weighted by Gasteiger charge is -2.10. The van der Waals surface area contributed by atoms with Crippen LogP contribution in [-0.2, 0) is 20.5 Å². The average molecular weight is 445 g/mol. The average Bonchev–Trinajstić information content (AvgIpc) is 3.20. The summed E-state index contributed by atoms with van der Waals surface area (Å²) >= 11 is 1.33. The number of benzene rings is 1. The topological polar surface area (TPSA) is 128 Å². The van der Waals surface area contributed by atoms with E-state index in [1.54, 1.807) is 16.8 Å². The molecular formula is C17H14F3N3O6S. The molecule has 1 aromatic carbocycles. The number of carbonyl (C=O) groups excluding carboxylic acids is 3. The minimum atomic E-state index is -4.79. The molecule has 9 nitrogen and oxygen atoms in total. The van der Waals surface area contributed by atoms with E-state index in [4.69, 9.17) is 0 Å². The van der Waals surface area contributed by atoms with E-state index in [1.807, 2.05) is 5.32 Å². The van der Waals surface area contributed by atoms with Gasteiger partial charge < -0.3 is 15.4 Å². The highest BCUT2D eigenvalue weighted by Gasteiger charge is 2.33. The number of hydrogen-bond acceptors (Lipinski definition) is 7. The van der Waals surface area contributed by atoms with Gasteiger partial charge in [-0.3, -0.25) is 24.5 Å². The maximum atomic E-state index is 12.7. The monoisotopic (exact) mass is 445 g/mol. The number of thiophene rings is 1. The highest BCUT2D eigenvalue weighted by Crippen LogP contribution is 2.34. The van der Waals surface area contributed by atoms with Gasteiger partial charge >= 0.3 is 12.1 Å². The molecule has 0 unspecified atom stereocenters. The number of carbonyl (C=O) groups is 3. The lowest BCUT2D eigenvalue weighted by atomic mass is 10.1. The maximum absolute atomic E-state index is 12.7. The second-order valence-corrected chi connectivity index (χ2v) is 6.49. The molecule has 0 fully saturated rings. The summed E-state index contributed by atoms with van der Waals surface area (Å²) in [7, 11) is 0. The first-order valence-electron chi connectivity index (χ1n) is 8.19. The number of nitrogens with one attached hydrogen (secondary N) is 2. The fourth-order valence-electron chi connectivity index (χ4n) is 2.14. The van der Waals surface area contributed by atoms with Gasteiger partial charge in [0.25, 0.3) is 17.5 Å². The van der Waals surface area contributed by atoms with Gasteiger partial charge in [0.05, 0.1) is 16.9 Å². The van der Waals surface area contributed by atoms with Crippen molar-refractivity contribution < 1.29 is 37.2 Å². The number of anilines is 1. The number of halogens is 3. The number of alkyl halides is 3. The Labute approximate surface area is 171 Å². The molecule has 0 aliphatic rings. The van der Waals surface area contributed by atoms with Gasteiger partial charge in [-0.1, -0.05) is 0 Å². The van der Waals surface area contributed by atoms with Crippen molar-refractivity contribution >= 4 is 40.5 Å². The standard InChI is InChI=1S/C17H14F3N3O6S/c18-17(19,20)11-1-2-12(13(7-11)23(27)28)22-14(24)8-29-15(25)3-5-21-16(26)10-4-6-30-9-10/h1-2,4,6-7,9H,3,5,8H2,(H,21,26)(H,22,24). The molecule has 2 amide bonds. The van der Waals surface area contributed by atoms with Crippen molar-refractivity contribution in [1.82, 2.24) is 5.32 Å². The number of rotatable bonds is 8. The number of nitro benzene ring substituents is 1. The summed E-state index contributed by atoms with van der Waals surface area (Å²) in [5.41, 5.74) is -2.24. The van der Waals surface area contributed by atoms with Crippen LogP contribution in [0.4, 0.5) is 24.5 Å². The van der Waals surface area contributed by atoms with Crippen LogP contribution < -0.4 is 10.6 Å². The molecule has 0 aliphatic carbocycles. The van der Waals surface area contributed by atoms with Gasteiger partial charge in [-0.25, -0.2) is 0 Å². The van der Waals surface area contributed by atoms with Crippen LogP contribution in [0.25, 0.3) is 0 Å². The zero-order valence-electron chi connectivity index (χ0n) is 15.0. The lowest BCUT2D eigenvalue weighted by Crippen LogP contribution is -2.27. The molecule has 2 N–H and O–H groups in total. The number of amides is 2. The highest BCUT2D eigenvalue weighted by molar-refractivity contribution is 7.08. The molecule has 0 saturated heterocycles. The zero-order valence-corrected chi connectivity index (χ0v) is 15.8. The summed E-state index contributed by atoms with van der Waals surface area (Å²) < 4.78 is 42.7. The number of esters is 1. The van der Waals surface area contributed by atoms with E-state index in [0.717, 1.165) is 6.07 Å². The molecule has 0 saturated carbocycles. The Hall–Kier alpha value is -3.48. The molecule has 0 atom stereocenters. The summed E-state index contributed by atoms with van der Waals surface area (Å²) in [6.07, 6.45) is -5.02. The van der Waals surface area contributed by atoms with E-state index in [0.29, 0.717) is 11.6 Å². The number of hydrogen-bond donors (Lipinski definition) is 2. The Bertz CT molecular complexity index is 947. The molecule has 30 heavy (non-hydrogen) atoms. The van der Waals surface area contributed by atoms with Gasteiger partial charge in [0.1, 0.15) is 5.69 Å². The van der Waals surface area contributed by atoms with Crippen LogP contribution in [0.15, 0.2) is 35.0 Å². The fourth-order valence-corrected chi connectivity index (χ4v) is 2.78. The summed E-state index contributed by atoms with van der Waals surface area (Å²) in [6.45, 7) is -0.852. The van der Waals surface area contributed by atoms with Crippen LogP contribution in [0.5, 0.6) is 0 Å². The molecule has 2 rings (SSSR count). The van der Waals surface area contributed by atoms with E-state index < -0.39 is 46.5 Å². The third kappa shape index (κ3) is 6.55. The Morgan fingerprint density at radius 2 is 1.93 bits per heavy atom. The van der Waals surface area contributed by atoms with Crippen LogP contribution in [0.2, 0.25) is 0 Å². The molecule has 1 aromatic heterocycles. The van der Waals surface area contributed by atoms with Crippen molar-refractivity contribution in [1.29, 1.82) is 0 Å². The van der Waals surface area contributed by atoms with Crippen LogP contribution in [0, 0.1) is 10.1 Å². The van der Waals surface area contributed by atoms with Gasteiger partial charge in [-0.15, -0.1) is 0 Å². The molecular weight excluding hydrogens is 431 g/mol. The van der Waals surface area contributed by atoms with Crippen LogP contribution >= 0.6 is 11.3 Å². The maximum Gasteiger partial charge on any atom is 0.416 e.